The van der Waals surface area contributed by atoms with Gasteiger partial charge in [-0.15, -0.1) is 0 Å². The fourth-order valence-corrected chi connectivity index (χ4v) is 2.93. The molecule has 0 spiro atoms. The van der Waals surface area contributed by atoms with Crippen molar-refractivity contribution in [1.29, 1.82) is 5.26 Å². The van der Waals surface area contributed by atoms with Crippen molar-refractivity contribution in [2.75, 3.05) is 25.0 Å². The van der Waals surface area contributed by atoms with Gasteiger partial charge in [-0.2, -0.15) is 5.26 Å². The van der Waals surface area contributed by atoms with Crippen LogP contribution in [0.1, 0.15) is 38.5 Å². The number of thiazole rings is 1. The molecule has 1 aromatic heterocycles. The molecular weight excluding hydrogens is 280 g/mol. The second-order valence-corrected chi connectivity index (χ2v) is 5.82. The molecule has 6 heteroatoms. The number of nitrogens with one attached hydrogen (secondary N) is 1. The molecule has 106 valence electrons. The van der Waals surface area contributed by atoms with Crippen molar-refractivity contribution in [3.8, 4) is 6.07 Å². The summed E-state index contributed by atoms with van der Waals surface area (Å²) in [6.07, 6.45) is 2.23. The smallest absolute Gasteiger partial charge is 0.185 e. The molecule has 0 fully saturated rings. The van der Waals surface area contributed by atoms with E-state index >= 15 is 0 Å². The van der Waals surface area contributed by atoms with Crippen molar-refractivity contribution in [3.05, 3.63) is 10.0 Å². The van der Waals surface area contributed by atoms with Gasteiger partial charge < -0.3 is 10.2 Å². The predicted octanol–water partition coefficient (Wildman–Crippen LogP) is 3.59. The highest BCUT2D eigenvalue weighted by Gasteiger charge is 2.11. The first-order valence-corrected chi connectivity index (χ1v) is 7.85. The van der Waals surface area contributed by atoms with E-state index in [9.17, 15) is 0 Å². The second kappa shape index (κ2) is 8.36. The Morgan fingerprint density at radius 3 is 2.68 bits per heavy atom. The number of halogens is 1. The third-order valence-electron chi connectivity index (χ3n) is 3.06. The summed E-state index contributed by atoms with van der Waals surface area (Å²) in [6.45, 7) is 9.83. The summed E-state index contributed by atoms with van der Waals surface area (Å²) >= 11 is 7.15. The van der Waals surface area contributed by atoms with E-state index in [1.165, 1.54) is 11.3 Å². The van der Waals surface area contributed by atoms with Crippen LogP contribution in [0.2, 0.25) is 5.15 Å². The number of hydrogen-bond donors (Lipinski definition) is 1. The van der Waals surface area contributed by atoms with Crippen molar-refractivity contribution in [1.82, 2.24) is 9.88 Å². The van der Waals surface area contributed by atoms with E-state index in [1.54, 1.807) is 0 Å². The van der Waals surface area contributed by atoms with Crippen LogP contribution in [-0.4, -0.2) is 35.6 Å². The highest BCUT2D eigenvalue weighted by atomic mass is 35.5. The van der Waals surface area contributed by atoms with Gasteiger partial charge >= 0.3 is 0 Å². The van der Waals surface area contributed by atoms with E-state index in [2.05, 4.69) is 36.0 Å². The summed E-state index contributed by atoms with van der Waals surface area (Å²) in [7, 11) is 0. The Labute approximate surface area is 124 Å². The number of nitrogens with zero attached hydrogens (tertiary/aromatic N) is 3. The molecule has 0 saturated carbocycles. The molecule has 1 aromatic rings. The lowest BCUT2D eigenvalue weighted by Gasteiger charge is -2.19. The van der Waals surface area contributed by atoms with Crippen LogP contribution in [-0.2, 0) is 0 Å². The summed E-state index contributed by atoms with van der Waals surface area (Å²) in [5, 5.41) is 13.2. The Balaban J connectivity index is 2.34. The van der Waals surface area contributed by atoms with Crippen LogP contribution in [0, 0.1) is 11.3 Å². The van der Waals surface area contributed by atoms with E-state index in [4.69, 9.17) is 16.9 Å². The molecule has 0 bridgehead atoms. The molecule has 1 heterocycles. The maximum atomic E-state index is 8.83. The van der Waals surface area contributed by atoms with Gasteiger partial charge in [-0.3, -0.25) is 0 Å². The van der Waals surface area contributed by atoms with Crippen molar-refractivity contribution in [3.63, 3.8) is 0 Å². The van der Waals surface area contributed by atoms with E-state index in [1.807, 2.05) is 6.07 Å². The third kappa shape index (κ3) is 5.35. The highest BCUT2D eigenvalue weighted by Crippen LogP contribution is 2.26. The van der Waals surface area contributed by atoms with Gasteiger partial charge in [0.15, 0.2) is 10.3 Å². The third-order valence-corrected chi connectivity index (χ3v) is 4.34. The Kier molecular flexibility index (Phi) is 7.14. The maximum absolute atomic E-state index is 8.83. The lowest BCUT2D eigenvalue weighted by molar-refractivity contribution is 0.295. The maximum Gasteiger partial charge on any atom is 0.185 e. The van der Waals surface area contributed by atoms with Crippen LogP contribution >= 0.6 is 22.9 Å². The topological polar surface area (TPSA) is 52.0 Å². The Hall–Kier alpha value is -0.830. The largest absolute Gasteiger partial charge is 0.359 e. The molecule has 0 aliphatic rings. The van der Waals surface area contributed by atoms with Gasteiger partial charge in [0.1, 0.15) is 10.9 Å². The zero-order valence-corrected chi connectivity index (χ0v) is 13.3. The monoisotopic (exact) mass is 300 g/mol. The molecule has 19 heavy (non-hydrogen) atoms. The minimum atomic E-state index is 0.297. The van der Waals surface area contributed by atoms with Crippen LogP contribution in [0.5, 0.6) is 0 Å². The minimum Gasteiger partial charge on any atom is -0.359 e. The van der Waals surface area contributed by atoms with Gasteiger partial charge in [-0.05, 0) is 39.4 Å². The molecule has 0 aliphatic heterocycles. The zero-order valence-electron chi connectivity index (χ0n) is 11.7. The average molecular weight is 301 g/mol. The minimum absolute atomic E-state index is 0.297. The van der Waals surface area contributed by atoms with Crippen LogP contribution < -0.4 is 5.32 Å². The zero-order chi connectivity index (χ0) is 14.3. The summed E-state index contributed by atoms with van der Waals surface area (Å²) in [6, 6.07) is 2.38. The Bertz CT molecular complexity index is 423. The molecular formula is C13H21ClN4S. The molecule has 0 aliphatic carbocycles. The molecule has 1 unspecified atom stereocenters. The molecule has 0 saturated heterocycles. The van der Waals surface area contributed by atoms with E-state index in [0.29, 0.717) is 16.1 Å². The summed E-state index contributed by atoms with van der Waals surface area (Å²) in [5.41, 5.74) is 0. The van der Waals surface area contributed by atoms with Crippen LogP contribution in [0.3, 0.4) is 0 Å². The fourth-order valence-electron chi connectivity index (χ4n) is 1.88. The average Bonchev–Trinajstić information content (AvgIpc) is 2.74. The lowest BCUT2D eigenvalue weighted by Crippen LogP contribution is -2.25. The normalized spacial score (nSPS) is 12.4. The molecule has 1 N–H and O–H groups in total. The number of rotatable bonds is 8. The van der Waals surface area contributed by atoms with Gasteiger partial charge in [-0.1, -0.05) is 36.8 Å². The van der Waals surface area contributed by atoms with Crippen LogP contribution in [0.25, 0.3) is 0 Å². The number of aromatic nitrogens is 1. The van der Waals surface area contributed by atoms with E-state index in [-0.39, 0.29) is 0 Å². The molecule has 0 aromatic carbocycles. The summed E-state index contributed by atoms with van der Waals surface area (Å²) < 4.78 is 0. The Morgan fingerprint density at radius 2 is 2.16 bits per heavy atom. The quantitative estimate of drug-likeness (QED) is 0.797. The molecule has 1 atom stereocenters. The Morgan fingerprint density at radius 1 is 1.47 bits per heavy atom. The molecule has 4 nitrogen and oxygen atoms in total. The van der Waals surface area contributed by atoms with Crippen molar-refractivity contribution in [2.24, 2.45) is 0 Å². The lowest BCUT2D eigenvalue weighted by atomic mass is 10.2. The van der Waals surface area contributed by atoms with Gasteiger partial charge in [-0.25, -0.2) is 4.98 Å². The van der Waals surface area contributed by atoms with Crippen LogP contribution in [0.15, 0.2) is 0 Å². The number of nitriles is 1. The molecule has 0 radical (unpaired) electrons. The SMILES string of the molecule is CCN(CC)CCCC(C)Nc1nc(Cl)c(C#N)s1. The van der Waals surface area contributed by atoms with Crippen molar-refractivity contribution >= 4 is 28.1 Å². The predicted molar refractivity (Wildman–Crippen MR) is 81.9 cm³/mol. The summed E-state index contributed by atoms with van der Waals surface area (Å²) in [5.74, 6) is 0. The number of hydrogen-bond acceptors (Lipinski definition) is 5. The van der Waals surface area contributed by atoms with Gasteiger partial charge in [0.25, 0.3) is 0 Å². The van der Waals surface area contributed by atoms with E-state index < -0.39 is 0 Å². The van der Waals surface area contributed by atoms with Gasteiger partial charge in [0, 0.05) is 6.04 Å². The fraction of sp³-hybridized carbons (Fsp3) is 0.692. The first kappa shape index (κ1) is 16.2. The van der Waals surface area contributed by atoms with Gasteiger partial charge in [0.2, 0.25) is 0 Å². The first-order valence-electron chi connectivity index (χ1n) is 6.66. The van der Waals surface area contributed by atoms with Crippen molar-refractivity contribution in [2.45, 2.75) is 39.7 Å². The van der Waals surface area contributed by atoms with Crippen molar-refractivity contribution < 1.29 is 0 Å². The molecule has 1 rings (SSSR count). The first-order chi connectivity index (χ1) is 9.10. The standard InChI is InChI=1S/C13H21ClN4S/c1-4-18(5-2)8-6-7-10(3)16-13-17-12(14)11(9-15)19-13/h10H,4-8H2,1-3H3,(H,16,17). The molecule has 0 amide bonds. The second-order valence-electron chi connectivity index (χ2n) is 4.47. The van der Waals surface area contributed by atoms with E-state index in [0.717, 1.165) is 37.6 Å². The van der Waals surface area contributed by atoms with Crippen LogP contribution in [0.4, 0.5) is 5.13 Å². The summed E-state index contributed by atoms with van der Waals surface area (Å²) in [4.78, 5) is 7.03. The van der Waals surface area contributed by atoms with Gasteiger partial charge in [0.05, 0.1) is 0 Å². The highest BCUT2D eigenvalue weighted by molar-refractivity contribution is 7.16. The number of anilines is 1.